The Kier molecular flexibility index (Phi) is 2.81. The first-order chi connectivity index (χ1) is 5.94. The highest BCUT2D eigenvalue weighted by molar-refractivity contribution is 7.95. The minimum atomic E-state index is -3.06. The minimum absolute atomic E-state index is 0.341. The topological polar surface area (TPSA) is 60.2 Å². The average molecular weight is 201 g/mol. The number of rotatable bonds is 2. The predicted molar refractivity (Wildman–Crippen MR) is 53.6 cm³/mol. The fourth-order valence-corrected chi connectivity index (χ4v) is 2.42. The zero-order valence-corrected chi connectivity index (χ0v) is 8.76. The highest BCUT2D eigenvalue weighted by Crippen LogP contribution is 2.23. The summed E-state index contributed by atoms with van der Waals surface area (Å²) >= 11 is 0. The summed E-state index contributed by atoms with van der Waals surface area (Å²) in [5.41, 5.74) is 6.29. The lowest BCUT2D eigenvalue weighted by atomic mass is 10.1. The summed E-state index contributed by atoms with van der Waals surface area (Å²) in [7, 11) is -3.06. The van der Waals surface area contributed by atoms with E-state index in [0.29, 0.717) is 17.7 Å². The van der Waals surface area contributed by atoms with E-state index >= 15 is 0 Å². The Balaban J connectivity index is 2.98. The maximum Gasteiger partial charge on any atom is 0.176 e. The Morgan fingerprint density at radius 1 is 1.31 bits per heavy atom. The molecule has 0 saturated carbocycles. The lowest BCUT2D eigenvalue weighted by Gasteiger charge is -2.14. The van der Waals surface area contributed by atoms with Crippen LogP contribution in [0, 0.1) is 0 Å². The van der Waals surface area contributed by atoms with Crippen LogP contribution in [0.1, 0.15) is 26.7 Å². The molecule has 0 aromatic heterocycles. The standard InChI is InChI=1S/C9H15NO2S/c1-7(2)13(11,12)9-5-3-8(10)4-6-9/h3,5,7H,4,6,10H2,1-2H3. The largest absolute Gasteiger partial charge is 0.402 e. The quantitative estimate of drug-likeness (QED) is 0.733. The number of hydrogen-bond donors (Lipinski definition) is 1. The van der Waals surface area contributed by atoms with Crippen molar-refractivity contribution in [3.63, 3.8) is 0 Å². The summed E-state index contributed by atoms with van der Waals surface area (Å²) in [6.45, 7) is 3.38. The Bertz CT molecular complexity index is 350. The van der Waals surface area contributed by atoms with Crippen LogP contribution in [0.5, 0.6) is 0 Å². The molecule has 0 aliphatic heterocycles. The van der Waals surface area contributed by atoms with Crippen molar-refractivity contribution in [2.45, 2.75) is 31.9 Å². The van der Waals surface area contributed by atoms with Gasteiger partial charge in [0.25, 0.3) is 0 Å². The van der Waals surface area contributed by atoms with Gasteiger partial charge >= 0.3 is 0 Å². The van der Waals surface area contributed by atoms with E-state index in [4.69, 9.17) is 5.73 Å². The molecule has 4 heteroatoms. The molecular weight excluding hydrogens is 186 g/mol. The van der Waals surface area contributed by atoms with Gasteiger partial charge in [-0.05, 0) is 38.8 Å². The Morgan fingerprint density at radius 3 is 2.31 bits per heavy atom. The second-order valence-electron chi connectivity index (χ2n) is 3.47. The fraction of sp³-hybridized carbons (Fsp3) is 0.556. The molecule has 2 N–H and O–H groups in total. The van der Waals surface area contributed by atoms with Crippen molar-refractivity contribution in [1.82, 2.24) is 0 Å². The average Bonchev–Trinajstić information content (AvgIpc) is 2.04. The molecule has 0 bridgehead atoms. The van der Waals surface area contributed by atoms with Crippen LogP contribution in [0.4, 0.5) is 0 Å². The van der Waals surface area contributed by atoms with Gasteiger partial charge in [0.05, 0.1) is 5.25 Å². The summed E-state index contributed by atoms with van der Waals surface area (Å²) in [4.78, 5) is 0.511. The van der Waals surface area contributed by atoms with Crippen molar-refractivity contribution in [2.24, 2.45) is 5.73 Å². The summed E-state index contributed by atoms with van der Waals surface area (Å²) < 4.78 is 23.3. The molecule has 0 saturated heterocycles. The maximum absolute atomic E-state index is 11.7. The third-order valence-corrected chi connectivity index (χ3v) is 4.44. The minimum Gasteiger partial charge on any atom is -0.402 e. The zero-order chi connectivity index (χ0) is 10.1. The molecule has 1 rings (SSSR count). The lowest BCUT2D eigenvalue weighted by molar-refractivity contribution is 0.591. The summed E-state index contributed by atoms with van der Waals surface area (Å²) in [5.74, 6) is 0. The van der Waals surface area contributed by atoms with Crippen molar-refractivity contribution >= 4 is 9.84 Å². The van der Waals surface area contributed by atoms with Gasteiger partial charge in [-0.15, -0.1) is 0 Å². The summed E-state index contributed by atoms with van der Waals surface area (Å²) in [5, 5.41) is -0.341. The van der Waals surface area contributed by atoms with Gasteiger partial charge in [-0.2, -0.15) is 0 Å². The van der Waals surface area contributed by atoms with Gasteiger partial charge in [0.2, 0.25) is 0 Å². The van der Waals surface area contributed by atoms with E-state index < -0.39 is 9.84 Å². The van der Waals surface area contributed by atoms with E-state index in [2.05, 4.69) is 0 Å². The molecule has 0 spiro atoms. The van der Waals surface area contributed by atoms with Crippen molar-refractivity contribution in [3.8, 4) is 0 Å². The summed E-state index contributed by atoms with van der Waals surface area (Å²) in [6, 6.07) is 0. The first-order valence-electron chi connectivity index (χ1n) is 4.33. The first kappa shape index (κ1) is 10.3. The van der Waals surface area contributed by atoms with Gasteiger partial charge in [-0.3, -0.25) is 0 Å². The zero-order valence-electron chi connectivity index (χ0n) is 7.95. The molecule has 74 valence electrons. The lowest BCUT2D eigenvalue weighted by Crippen LogP contribution is -2.18. The monoisotopic (exact) mass is 201 g/mol. The molecule has 3 nitrogen and oxygen atoms in total. The van der Waals surface area contributed by atoms with E-state index in [-0.39, 0.29) is 5.25 Å². The van der Waals surface area contributed by atoms with Crippen LogP contribution in [-0.4, -0.2) is 13.7 Å². The van der Waals surface area contributed by atoms with E-state index in [0.717, 1.165) is 5.70 Å². The van der Waals surface area contributed by atoms with Crippen molar-refractivity contribution < 1.29 is 8.42 Å². The molecule has 13 heavy (non-hydrogen) atoms. The molecule has 0 fully saturated rings. The number of nitrogens with two attached hydrogens (primary N) is 1. The van der Waals surface area contributed by atoms with Gasteiger partial charge < -0.3 is 5.73 Å². The Labute approximate surface area is 79.2 Å². The molecule has 0 unspecified atom stereocenters. The molecule has 0 radical (unpaired) electrons. The van der Waals surface area contributed by atoms with Gasteiger partial charge in [0.15, 0.2) is 9.84 Å². The van der Waals surface area contributed by atoms with Gasteiger partial charge in [-0.25, -0.2) is 8.42 Å². The van der Waals surface area contributed by atoms with Crippen LogP contribution >= 0.6 is 0 Å². The van der Waals surface area contributed by atoms with Crippen LogP contribution in [-0.2, 0) is 9.84 Å². The van der Waals surface area contributed by atoms with Gasteiger partial charge in [0.1, 0.15) is 0 Å². The molecule has 0 amide bonds. The van der Waals surface area contributed by atoms with Gasteiger partial charge in [0, 0.05) is 10.6 Å². The van der Waals surface area contributed by atoms with Crippen molar-refractivity contribution in [2.75, 3.05) is 0 Å². The Morgan fingerprint density at radius 2 is 1.92 bits per heavy atom. The Hall–Kier alpha value is -0.770. The van der Waals surface area contributed by atoms with Crippen LogP contribution < -0.4 is 5.73 Å². The predicted octanol–water partition coefficient (Wildman–Crippen LogP) is 1.33. The number of allylic oxidation sites excluding steroid dienone is 4. The smallest absolute Gasteiger partial charge is 0.176 e. The molecule has 0 atom stereocenters. The normalized spacial score (nSPS) is 18.4. The second-order valence-corrected chi connectivity index (χ2v) is 6.03. The highest BCUT2D eigenvalue weighted by Gasteiger charge is 2.22. The second kappa shape index (κ2) is 3.54. The SMILES string of the molecule is CC(C)S(=O)(=O)C1=CC=C(N)CC1. The molecule has 0 aromatic carbocycles. The van der Waals surface area contributed by atoms with E-state index in [1.165, 1.54) is 0 Å². The maximum atomic E-state index is 11.7. The van der Waals surface area contributed by atoms with Crippen LogP contribution in [0.3, 0.4) is 0 Å². The molecule has 0 aromatic rings. The third-order valence-electron chi connectivity index (χ3n) is 2.13. The fourth-order valence-electron chi connectivity index (χ4n) is 1.17. The number of sulfone groups is 1. The molecular formula is C9H15NO2S. The van der Waals surface area contributed by atoms with Crippen LogP contribution in [0.15, 0.2) is 22.8 Å². The molecule has 0 heterocycles. The molecule has 1 aliphatic rings. The van der Waals surface area contributed by atoms with Gasteiger partial charge in [-0.1, -0.05) is 0 Å². The van der Waals surface area contributed by atoms with Crippen molar-refractivity contribution in [1.29, 1.82) is 0 Å². The van der Waals surface area contributed by atoms with Crippen LogP contribution in [0.25, 0.3) is 0 Å². The third kappa shape index (κ3) is 2.12. The highest BCUT2D eigenvalue weighted by atomic mass is 32.2. The van der Waals surface area contributed by atoms with E-state index in [9.17, 15) is 8.42 Å². The first-order valence-corrected chi connectivity index (χ1v) is 5.88. The van der Waals surface area contributed by atoms with E-state index in [1.807, 2.05) is 0 Å². The number of hydrogen-bond acceptors (Lipinski definition) is 3. The molecule has 1 aliphatic carbocycles. The van der Waals surface area contributed by atoms with Crippen LogP contribution in [0.2, 0.25) is 0 Å². The van der Waals surface area contributed by atoms with Crippen molar-refractivity contribution in [3.05, 3.63) is 22.8 Å². The summed E-state index contributed by atoms with van der Waals surface area (Å²) in [6.07, 6.45) is 4.49. The van der Waals surface area contributed by atoms with E-state index in [1.54, 1.807) is 26.0 Å².